The van der Waals surface area contributed by atoms with E-state index < -0.39 is 76.5 Å². The SMILES string of the molecule is COc1ccc([C@@]23C(=O)N(Nc4ccc(Cl)cc4Cl)C(=O)[C@@H]2C[C@@H]2C(=CC[C@@H]4C(=O)N(c5ccc(N6CCOCC6)cc5)C(=O)[C@@H]42)[C@@H]3c2cc(OC(F)(F)F)ccc2O)cc1. The summed E-state index contributed by atoms with van der Waals surface area (Å²) in [6.45, 7) is 2.51. The molecule has 61 heavy (non-hydrogen) atoms. The van der Waals surface area contributed by atoms with Crippen molar-refractivity contribution in [3.8, 4) is 17.2 Å². The predicted octanol–water partition coefficient (Wildman–Crippen LogP) is 7.63. The number of imide groups is 2. The van der Waals surface area contributed by atoms with E-state index in [1.165, 1.54) is 25.3 Å². The van der Waals surface area contributed by atoms with Gasteiger partial charge in [0.1, 0.15) is 17.2 Å². The highest BCUT2D eigenvalue weighted by Gasteiger charge is 2.71. The topological polar surface area (TPSA) is 138 Å². The molecule has 17 heteroatoms. The number of hydrazine groups is 1. The van der Waals surface area contributed by atoms with Crippen molar-refractivity contribution in [1.82, 2.24) is 5.01 Å². The maximum Gasteiger partial charge on any atom is 0.573 e. The first kappa shape index (κ1) is 40.6. The van der Waals surface area contributed by atoms with Gasteiger partial charge in [-0.3, -0.25) is 29.5 Å². The maximum absolute atomic E-state index is 15.5. The number of hydrogen-bond acceptors (Lipinski definition) is 10. The van der Waals surface area contributed by atoms with E-state index in [1.54, 1.807) is 42.5 Å². The van der Waals surface area contributed by atoms with Crippen LogP contribution in [0.15, 0.2) is 96.6 Å². The highest BCUT2D eigenvalue weighted by molar-refractivity contribution is 6.36. The van der Waals surface area contributed by atoms with Crippen molar-refractivity contribution in [2.45, 2.75) is 30.5 Å². The number of allylic oxidation sites excluding steroid dienone is 2. The van der Waals surface area contributed by atoms with Crippen LogP contribution < -0.4 is 24.7 Å². The third-order valence-corrected chi connectivity index (χ3v) is 13.2. The molecule has 2 N–H and O–H groups in total. The van der Waals surface area contributed by atoms with Gasteiger partial charge in [-0.2, -0.15) is 5.01 Å². The Morgan fingerprint density at radius 3 is 2.20 bits per heavy atom. The van der Waals surface area contributed by atoms with Crippen molar-refractivity contribution in [3.63, 3.8) is 0 Å². The first-order valence-electron chi connectivity index (χ1n) is 19.5. The van der Waals surface area contributed by atoms with Gasteiger partial charge in [0.15, 0.2) is 0 Å². The van der Waals surface area contributed by atoms with Gasteiger partial charge in [0.05, 0.1) is 59.9 Å². The first-order valence-corrected chi connectivity index (χ1v) is 20.3. The van der Waals surface area contributed by atoms with Crippen LogP contribution in [-0.2, 0) is 29.3 Å². The fourth-order valence-electron chi connectivity index (χ4n) is 10.0. The second-order valence-electron chi connectivity index (χ2n) is 15.6. The molecule has 9 rings (SSSR count). The van der Waals surface area contributed by atoms with Crippen LogP contribution in [0.1, 0.15) is 29.9 Å². The lowest BCUT2D eigenvalue weighted by molar-refractivity contribution is -0.274. The number of ether oxygens (including phenoxy) is 3. The number of nitrogens with zero attached hydrogens (tertiary/aromatic N) is 3. The number of halogens is 5. The number of phenols is 1. The quantitative estimate of drug-likeness (QED) is 0.134. The lowest BCUT2D eigenvalue weighted by Gasteiger charge is -2.50. The molecule has 2 aliphatic carbocycles. The molecule has 4 fully saturated rings. The predicted molar refractivity (Wildman–Crippen MR) is 217 cm³/mol. The molecule has 3 aliphatic heterocycles. The highest BCUT2D eigenvalue weighted by atomic mass is 35.5. The molecule has 4 amide bonds. The molecule has 6 atom stereocenters. The fraction of sp³-hybridized carbons (Fsp3) is 0.318. The van der Waals surface area contributed by atoms with Crippen LogP contribution in [0.3, 0.4) is 0 Å². The Morgan fingerprint density at radius 2 is 1.52 bits per heavy atom. The number of fused-ring (bicyclic) bond motifs is 4. The smallest absolute Gasteiger partial charge is 0.508 e. The average Bonchev–Trinajstić information content (AvgIpc) is 3.63. The van der Waals surface area contributed by atoms with Crippen molar-refractivity contribution in [2.75, 3.05) is 48.6 Å². The zero-order valence-corrected chi connectivity index (χ0v) is 33.8. The minimum absolute atomic E-state index is 0.0350. The van der Waals surface area contributed by atoms with Crippen LogP contribution in [0.25, 0.3) is 0 Å². The number of phenolic OH excluding ortho intramolecular Hbond substituents is 1. The van der Waals surface area contributed by atoms with Gasteiger partial charge in [-0.25, -0.2) is 0 Å². The highest BCUT2D eigenvalue weighted by Crippen LogP contribution is 2.65. The van der Waals surface area contributed by atoms with Gasteiger partial charge in [0.25, 0.3) is 11.8 Å². The Bertz CT molecular complexity index is 2480. The molecule has 12 nitrogen and oxygen atoms in total. The summed E-state index contributed by atoms with van der Waals surface area (Å²) in [6, 6.07) is 20.8. The monoisotopic (exact) mass is 876 g/mol. The number of alkyl halides is 3. The second kappa shape index (κ2) is 15.3. The molecule has 0 radical (unpaired) electrons. The Morgan fingerprint density at radius 1 is 0.836 bits per heavy atom. The molecule has 316 valence electrons. The largest absolute Gasteiger partial charge is 0.573 e. The number of aromatic hydroxyl groups is 1. The summed E-state index contributed by atoms with van der Waals surface area (Å²) < 4.78 is 56.4. The van der Waals surface area contributed by atoms with Gasteiger partial charge in [-0.05, 0) is 97.1 Å². The Labute approximate surface area is 357 Å². The molecule has 0 unspecified atom stereocenters. The van der Waals surface area contributed by atoms with Gasteiger partial charge in [0, 0.05) is 35.3 Å². The number of amides is 4. The van der Waals surface area contributed by atoms with Crippen molar-refractivity contribution < 1.29 is 51.7 Å². The fourth-order valence-corrected chi connectivity index (χ4v) is 10.5. The molecule has 1 saturated carbocycles. The van der Waals surface area contributed by atoms with E-state index in [1.807, 2.05) is 12.1 Å². The summed E-state index contributed by atoms with van der Waals surface area (Å²) in [5.74, 6) is -8.65. The number of carbonyl (C=O) groups excluding carboxylic acids is 4. The number of carbonyl (C=O) groups is 4. The van der Waals surface area contributed by atoms with Crippen molar-refractivity contribution in [3.05, 3.63) is 118 Å². The number of methoxy groups -OCH3 is 1. The van der Waals surface area contributed by atoms with E-state index in [2.05, 4.69) is 15.1 Å². The number of anilines is 3. The molecule has 4 aromatic rings. The van der Waals surface area contributed by atoms with Crippen LogP contribution in [0.5, 0.6) is 17.2 Å². The van der Waals surface area contributed by atoms with Gasteiger partial charge in [-0.1, -0.05) is 47.0 Å². The van der Waals surface area contributed by atoms with Gasteiger partial charge < -0.3 is 24.2 Å². The lowest BCUT2D eigenvalue weighted by Crippen LogP contribution is -2.53. The van der Waals surface area contributed by atoms with Gasteiger partial charge in [-0.15, -0.1) is 13.2 Å². The van der Waals surface area contributed by atoms with Crippen LogP contribution in [-0.4, -0.2) is 73.5 Å². The maximum atomic E-state index is 15.5. The zero-order valence-electron chi connectivity index (χ0n) is 32.3. The minimum atomic E-state index is -5.12. The second-order valence-corrected chi connectivity index (χ2v) is 16.5. The number of morpholine rings is 1. The Kier molecular flexibility index (Phi) is 10.2. The van der Waals surface area contributed by atoms with Crippen LogP contribution in [0, 0.1) is 23.7 Å². The molecule has 3 heterocycles. The summed E-state index contributed by atoms with van der Waals surface area (Å²) in [7, 11) is 1.45. The molecule has 5 aliphatic rings. The summed E-state index contributed by atoms with van der Waals surface area (Å²) in [4.78, 5) is 62.9. The number of nitrogens with one attached hydrogen (secondary N) is 1. The minimum Gasteiger partial charge on any atom is -0.508 e. The van der Waals surface area contributed by atoms with Crippen molar-refractivity contribution in [2.24, 2.45) is 23.7 Å². The summed E-state index contributed by atoms with van der Waals surface area (Å²) in [5, 5.41) is 12.9. The molecule has 4 aromatic carbocycles. The molecular formula is C44H37Cl2F3N4O8. The van der Waals surface area contributed by atoms with E-state index in [0.29, 0.717) is 43.3 Å². The van der Waals surface area contributed by atoms with Crippen molar-refractivity contribution in [1.29, 1.82) is 0 Å². The Hall–Kier alpha value is -5.77. The average molecular weight is 878 g/mol. The molecular weight excluding hydrogens is 840 g/mol. The summed E-state index contributed by atoms with van der Waals surface area (Å²) in [5.41, 5.74) is 2.87. The standard InChI is InChI=1S/C44H37Cl2F3N4O8/c1-59-27-9-2-23(3-10-27)43-33(40(56)53(42(43)58)50-35-14-4-24(45)20-34(35)46)22-31-29(38(43)32-21-28(11-15-36(32)54)61-44(47,48)49)12-13-30-37(31)41(57)52(39(30)55)26-7-5-25(6-8-26)51-16-18-60-19-17-51/h2-12,14-15,20-21,30-31,33,37-38,50,54H,13,16-19,22H2,1H3/t30-,31+,33-,37-,38+,43+/m0/s1. The van der Waals surface area contributed by atoms with E-state index >= 15 is 9.59 Å². The van der Waals surface area contributed by atoms with E-state index in [9.17, 15) is 27.9 Å². The van der Waals surface area contributed by atoms with Crippen LogP contribution in [0.4, 0.5) is 30.2 Å². The number of rotatable bonds is 8. The van der Waals surface area contributed by atoms with E-state index in [-0.39, 0.29) is 39.7 Å². The van der Waals surface area contributed by atoms with Crippen molar-refractivity contribution >= 4 is 63.9 Å². The summed E-state index contributed by atoms with van der Waals surface area (Å²) >= 11 is 12.7. The molecule has 0 spiro atoms. The molecule has 0 bridgehead atoms. The molecule has 0 aromatic heterocycles. The summed E-state index contributed by atoms with van der Waals surface area (Å²) in [6.07, 6.45) is -3.47. The number of benzene rings is 4. The zero-order chi connectivity index (χ0) is 43.0. The normalized spacial score (nSPS) is 26.2. The van der Waals surface area contributed by atoms with E-state index in [0.717, 1.165) is 33.8 Å². The first-order chi connectivity index (χ1) is 29.2. The van der Waals surface area contributed by atoms with Gasteiger partial charge >= 0.3 is 6.36 Å². The van der Waals surface area contributed by atoms with Gasteiger partial charge in [0.2, 0.25) is 11.8 Å². The third kappa shape index (κ3) is 6.73. The lowest BCUT2D eigenvalue weighted by atomic mass is 9.49. The third-order valence-electron chi connectivity index (χ3n) is 12.6. The molecule has 3 saturated heterocycles. The van der Waals surface area contributed by atoms with Crippen LogP contribution >= 0.6 is 23.2 Å². The Balaban J connectivity index is 1.20. The van der Waals surface area contributed by atoms with Crippen LogP contribution in [0.2, 0.25) is 10.0 Å². The van der Waals surface area contributed by atoms with E-state index in [4.69, 9.17) is 32.7 Å². The number of hydrogen-bond donors (Lipinski definition) is 2.